The number of amides is 1. The molecule has 5 aromatic rings. The van der Waals surface area contributed by atoms with Gasteiger partial charge in [-0.2, -0.15) is 5.10 Å². The summed E-state index contributed by atoms with van der Waals surface area (Å²) in [6, 6.07) is 25.5. The first-order valence-electron chi connectivity index (χ1n) is 13.2. The number of methoxy groups -OCH3 is 2. The third-order valence-corrected chi connectivity index (χ3v) is 7.13. The summed E-state index contributed by atoms with van der Waals surface area (Å²) in [5.41, 5.74) is 3.40. The Hall–Kier alpha value is -4.92. The summed E-state index contributed by atoms with van der Waals surface area (Å²) in [6.45, 7) is 2.40. The molecule has 1 aliphatic heterocycles. The van der Waals surface area contributed by atoms with Crippen LogP contribution in [0.2, 0.25) is 0 Å². The molecular formula is C31H30N6O3. The highest BCUT2D eigenvalue weighted by molar-refractivity contribution is 5.95. The Labute approximate surface area is 232 Å². The number of hydrogen-bond donors (Lipinski definition) is 0. The molecule has 0 unspecified atom stereocenters. The summed E-state index contributed by atoms with van der Waals surface area (Å²) in [5.74, 6) is 2.70. The van der Waals surface area contributed by atoms with E-state index >= 15 is 0 Å². The first-order chi connectivity index (χ1) is 19.6. The van der Waals surface area contributed by atoms with Crippen LogP contribution in [0.5, 0.6) is 11.5 Å². The van der Waals surface area contributed by atoms with Crippen LogP contribution in [0.4, 0.5) is 5.82 Å². The summed E-state index contributed by atoms with van der Waals surface area (Å²) in [5, 5.41) is 5.57. The van der Waals surface area contributed by atoms with E-state index < -0.39 is 0 Å². The average Bonchev–Trinajstić information content (AvgIpc) is 3.45. The Balaban J connectivity index is 1.30. The number of nitrogens with zero attached hydrogens (tertiary/aromatic N) is 6. The molecule has 1 saturated heterocycles. The lowest BCUT2D eigenvalue weighted by molar-refractivity contribution is 0.0746. The van der Waals surface area contributed by atoms with E-state index in [0.29, 0.717) is 49.7 Å². The van der Waals surface area contributed by atoms with E-state index in [9.17, 15) is 4.79 Å². The van der Waals surface area contributed by atoms with Crippen molar-refractivity contribution >= 4 is 22.8 Å². The maximum absolute atomic E-state index is 13.4. The molecule has 9 nitrogen and oxygen atoms in total. The fourth-order valence-corrected chi connectivity index (χ4v) is 5.03. The SMILES string of the molecule is COc1cc(OC)cc(C(=O)N2CCN(c3nc(Cc4ccccc4)nc4c3cnn4-c3ccccc3)CC2)c1. The van der Waals surface area contributed by atoms with Gasteiger partial charge in [0.1, 0.15) is 23.1 Å². The van der Waals surface area contributed by atoms with Gasteiger partial charge in [-0.25, -0.2) is 14.6 Å². The van der Waals surface area contributed by atoms with Crippen molar-refractivity contribution in [2.45, 2.75) is 6.42 Å². The van der Waals surface area contributed by atoms with Crippen molar-refractivity contribution in [1.82, 2.24) is 24.6 Å². The minimum atomic E-state index is -0.0497. The molecular weight excluding hydrogens is 504 g/mol. The molecule has 0 bridgehead atoms. The van der Waals surface area contributed by atoms with Crippen LogP contribution in [0.1, 0.15) is 21.7 Å². The molecule has 1 amide bonds. The molecule has 3 aromatic carbocycles. The lowest BCUT2D eigenvalue weighted by atomic mass is 10.1. The summed E-state index contributed by atoms with van der Waals surface area (Å²) in [6.07, 6.45) is 2.45. The van der Waals surface area contributed by atoms with E-state index in [-0.39, 0.29) is 5.91 Å². The quantitative estimate of drug-likeness (QED) is 0.306. The third-order valence-electron chi connectivity index (χ3n) is 7.13. The lowest BCUT2D eigenvalue weighted by Crippen LogP contribution is -2.49. The predicted molar refractivity (Wildman–Crippen MR) is 154 cm³/mol. The van der Waals surface area contributed by atoms with Crippen molar-refractivity contribution in [3.8, 4) is 17.2 Å². The zero-order chi connectivity index (χ0) is 27.5. The molecule has 9 heteroatoms. The number of benzene rings is 3. The van der Waals surface area contributed by atoms with Crippen molar-refractivity contribution in [2.24, 2.45) is 0 Å². The van der Waals surface area contributed by atoms with Gasteiger partial charge in [0.25, 0.3) is 5.91 Å². The maximum atomic E-state index is 13.4. The standard InChI is InChI=1S/C31H30N6O3/c1-39-25-18-23(19-26(20-25)40-2)31(38)36-15-13-35(14-16-36)29-27-21-32-37(24-11-7-4-8-12-24)30(27)34-28(33-29)17-22-9-5-3-6-10-22/h3-12,18-21H,13-17H2,1-2H3. The summed E-state index contributed by atoms with van der Waals surface area (Å²) in [7, 11) is 3.16. The maximum Gasteiger partial charge on any atom is 0.254 e. The molecule has 1 fully saturated rings. The lowest BCUT2D eigenvalue weighted by Gasteiger charge is -2.35. The van der Waals surface area contributed by atoms with Crippen molar-refractivity contribution in [3.63, 3.8) is 0 Å². The van der Waals surface area contributed by atoms with E-state index in [4.69, 9.17) is 19.4 Å². The Kier molecular flexibility index (Phi) is 7.01. The second-order valence-corrected chi connectivity index (χ2v) is 9.64. The van der Waals surface area contributed by atoms with E-state index in [0.717, 1.165) is 33.9 Å². The number of aromatic nitrogens is 4. The minimum absolute atomic E-state index is 0.0497. The Morgan fingerprint density at radius 3 is 2.12 bits per heavy atom. The zero-order valence-electron chi connectivity index (χ0n) is 22.5. The van der Waals surface area contributed by atoms with Gasteiger partial charge in [0.2, 0.25) is 0 Å². The molecule has 1 aliphatic rings. The van der Waals surface area contributed by atoms with Crippen LogP contribution >= 0.6 is 0 Å². The fraction of sp³-hybridized carbons (Fsp3) is 0.226. The summed E-state index contributed by atoms with van der Waals surface area (Å²) < 4.78 is 12.6. The number of carbonyl (C=O) groups is 1. The Morgan fingerprint density at radius 2 is 1.48 bits per heavy atom. The van der Waals surface area contributed by atoms with Gasteiger partial charge in [-0.15, -0.1) is 0 Å². The number of carbonyl (C=O) groups excluding carboxylic acids is 1. The van der Waals surface area contributed by atoms with Crippen LogP contribution < -0.4 is 14.4 Å². The number of piperazine rings is 1. The van der Waals surface area contributed by atoms with Gasteiger partial charge in [0, 0.05) is 44.2 Å². The second kappa shape index (κ2) is 11.1. The van der Waals surface area contributed by atoms with Crippen molar-refractivity contribution in [2.75, 3.05) is 45.3 Å². The third kappa shape index (κ3) is 5.05. The van der Waals surface area contributed by atoms with Gasteiger partial charge in [-0.3, -0.25) is 4.79 Å². The number of ether oxygens (including phenoxy) is 2. The highest BCUT2D eigenvalue weighted by atomic mass is 16.5. The molecule has 0 spiro atoms. The smallest absolute Gasteiger partial charge is 0.254 e. The topological polar surface area (TPSA) is 85.6 Å². The number of para-hydroxylation sites is 1. The normalized spacial score (nSPS) is 13.4. The van der Waals surface area contributed by atoms with Gasteiger partial charge in [0.15, 0.2) is 5.65 Å². The first-order valence-corrected chi connectivity index (χ1v) is 13.2. The highest BCUT2D eigenvalue weighted by Gasteiger charge is 2.26. The summed E-state index contributed by atoms with van der Waals surface area (Å²) >= 11 is 0. The average molecular weight is 535 g/mol. The number of fused-ring (bicyclic) bond motifs is 1. The number of anilines is 1. The Morgan fingerprint density at radius 1 is 0.825 bits per heavy atom. The first kappa shape index (κ1) is 25.4. The molecule has 0 radical (unpaired) electrons. The van der Waals surface area contributed by atoms with E-state index in [1.165, 1.54) is 0 Å². The molecule has 2 aromatic heterocycles. The van der Waals surface area contributed by atoms with Crippen LogP contribution in [0.15, 0.2) is 85.1 Å². The monoisotopic (exact) mass is 534 g/mol. The Bertz CT molecular complexity index is 1610. The molecule has 0 N–H and O–H groups in total. The second-order valence-electron chi connectivity index (χ2n) is 9.64. The number of hydrogen-bond acceptors (Lipinski definition) is 7. The summed E-state index contributed by atoms with van der Waals surface area (Å²) in [4.78, 5) is 27.4. The van der Waals surface area contributed by atoms with Crippen molar-refractivity contribution in [3.05, 3.63) is 102 Å². The largest absolute Gasteiger partial charge is 0.497 e. The molecule has 0 saturated carbocycles. The van der Waals surface area contributed by atoms with E-state index in [1.807, 2.05) is 64.3 Å². The van der Waals surface area contributed by atoms with Crippen LogP contribution in [0.3, 0.4) is 0 Å². The highest BCUT2D eigenvalue weighted by Crippen LogP contribution is 2.28. The molecule has 0 aliphatic carbocycles. The molecule has 0 atom stereocenters. The van der Waals surface area contributed by atoms with Gasteiger partial charge >= 0.3 is 0 Å². The van der Waals surface area contributed by atoms with Crippen LogP contribution in [0.25, 0.3) is 16.7 Å². The van der Waals surface area contributed by atoms with Crippen LogP contribution in [0, 0.1) is 0 Å². The molecule has 6 rings (SSSR count). The molecule has 40 heavy (non-hydrogen) atoms. The number of rotatable bonds is 7. The molecule has 3 heterocycles. The fourth-order valence-electron chi connectivity index (χ4n) is 5.03. The molecule has 202 valence electrons. The van der Waals surface area contributed by atoms with Crippen molar-refractivity contribution in [1.29, 1.82) is 0 Å². The van der Waals surface area contributed by atoms with Crippen LogP contribution in [-0.4, -0.2) is 71.0 Å². The van der Waals surface area contributed by atoms with E-state index in [1.54, 1.807) is 32.4 Å². The van der Waals surface area contributed by atoms with Gasteiger partial charge in [0.05, 0.1) is 31.5 Å². The zero-order valence-corrected chi connectivity index (χ0v) is 22.5. The predicted octanol–water partition coefficient (Wildman–Crippen LogP) is 4.39. The van der Waals surface area contributed by atoms with E-state index in [2.05, 4.69) is 22.1 Å². The van der Waals surface area contributed by atoms with Gasteiger partial charge < -0.3 is 19.3 Å². The van der Waals surface area contributed by atoms with Crippen LogP contribution in [-0.2, 0) is 6.42 Å². The van der Waals surface area contributed by atoms with Gasteiger partial charge in [-0.1, -0.05) is 48.5 Å². The van der Waals surface area contributed by atoms with Gasteiger partial charge in [-0.05, 0) is 29.8 Å². The van der Waals surface area contributed by atoms with Crippen molar-refractivity contribution < 1.29 is 14.3 Å². The minimum Gasteiger partial charge on any atom is -0.497 e.